The normalized spacial score (nSPS) is 11.0. The van der Waals surface area contributed by atoms with E-state index in [0.29, 0.717) is 10.6 Å². The van der Waals surface area contributed by atoms with Gasteiger partial charge in [0.05, 0.1) is 23.7 Å². The SMILES string of the molecule is CC(C)N(Cc1nnc(-c2ccccc2Cl)o1)C(=O)c1ccc(=O)n(Cc2ccccc2)n1. The minimum atomic E-state index is -0.343. The van der Waals surface area contributed by atoms with Gasteiger partial charge < -0.3 is 9.32 Å². The highest BCUT2D eigenvalue weighted by atomic mass is 35.5. The van der Waals surface area contributed by atoms with Gasteiger partial charge in [-0.15, -0.1) is 10.2 Å². The maximum absolute atomic E-state index is 13.3. The van der Waals surface area contributed by atoms with Crippen molar-refractivity contribution in [3.05, 3.63) is 99.3 Å². The van der Waals surface area contributed by atoms with E-state index in [9.17, 15) is 9.59 Å². The van der Waals surface area contributed by atoms with Crippen LogP contribution in [0.25, 0.3) is 11.5 Å². The number of benzene rings is 2. The second kappa shape index (κ2) is 9.79. The van der Waals surface area contributed by atoms with Crippen molar-refractivity contribution >= 4 is 17.5 Å². The predicted octanol–water partition coefficient (Wildman–Crippen LogP) is 4.05. The molecule has 0 radical (unpaired) electrons. The fourth-order valence-corrected chi connectivity index (χ4v) is 3.49. The van der Waals surface area contributed by atoms with Crippen LogP contribution >= 0.6 is 11.6 Å². The Balaban J connectivity index is 1.56. The van der Waals surface area contributed by atoms with E-state index in [1.165, 1.54) is 16.8 Å². The summed E-state index contributed by atoms with van der Waals surface area (Å²) in [7, 11) is 0. The van der Waals surface area contributed by atoms with Crippen LogP contribution in [0.1, 0.15) is 35.8 Å². The maximum atomic E-state index is 13.3. The zero-order valence-electron chi connectivity index (χ0n) is 18.2. The van der Waals surface area contributed by atoms with E-state index in [4.69, 9.17) is 16.0 Å². The summed E-state index contributed by atoms with van der Waals surface area (Å²) in [6, 6.07) is 19.2. The van der Waals surface area contributed by atoms with Gasteiger partial charge in [-0.2, -0.15) is 5.10 Å². The van der Waals surface area contributed by atoms with Crippen molar-refractivity contribution in [1.29, 1.82) is 0 Å². The fourth-order valence-electron chi connectivity index (χ4n) is 3.28. The van der Waals surface area contributed by atoms with Crippen LogP contribution in [0.3, 0.4) is 0 Å². The van der Waals surface area contributed by atoms with E-state index in [1.54, 1.807) is 17.0 Å². The molecule has 0 bridgehead atoms. The average molecular weight is 464 g/mol. The highest BCUT2D eigenvalue weighted by Crippen LogP contribution is 2.26. The summed E-state index contributed by atoms with van der Waals surface area (Å²) >= 11 is 6.21. The molecule has 0 aliphatic carbocycles. The van der Waals surface area contributed by atoms with Crippen molar-refractivity contribution in [3.63, 3.8) is 0 Å². The molecule has 2 aromatic heterocycles. The van der Waals surface area contributed by atoms with Gasteiger partial charge in [-0.1, -0.05) is 54.1 Å². The Morgan fingerprint density at radius 3 is 2.48 bits per heavy atom. The molecule has 4 rings (SSSR count). The number of hydrogen-bond acceptors (Lipinski definition) is 6. The molecular weight excluding hydrogens is 442 g/mol. The minimum Gasteiger partial charge on any atom is -0.419 e. The molecule has 0 fully saturated rings. The molecule has 2 aromatic carbocycles. The molecule has 2 heterocycles. The molecule has 0 unspecified atom stereocenters. The molecule has 0 spiro atoms. The van der Waals surface area contributed by atoms with Crippen molar-refractivity contribution in [1.82, 2.24) is 24.9 Å². The first kappa shape index (κ1) is 22.4. The van der Waals surface area contributed by atoms with E-state index in [1.807, 2.05) is 56.3 Å². The summed E-state index contributed by atoms with van der Waals surface area (Å²) in [4.78, 5) is 27.1. The molecule has 0 atom stereocenters. The molecule has 0 aliphatic heterocycles. The first-order valence-electron chi connectivity index (χ1n) is 10.4. The van der Waals surface area contributed by atoms with Crippen molar-refractivity contribution in [3.8, 4) is 11.5 Å². The van der Waals surface area contributed by atoms with Crippen molar-refractivity contribution in [2.24, 2.45) is 0 Å². The Labute approximate surface area is 195 Å². The van der Waals surface area contributed by atoms with E-state index in [2.05, 4.69) is 15.3 Å². The smallest absolute Gasteiger partial charge is 0.274 e. The lowest BCUT2D eigenvalue weighted by molar-refractivity contribution is 0.0663. The Hall–Kier alpha value is -3.78. The monoisotopic (exact) mass is 463 g/mol. The van der Waals surface area contributed by atoms with Crippen molar-refractivity contribution < 1.29 is 9.21 Å². The van der Waals surface area contributed by atoms with Crippen LogP contribution in [-0.4, -0.2) is 36.8 Å². The number of carbonyl (C=O) groups excluding carboxylic acids is 1. The van der Waals surface area contributed by atoms with Gasteiger partial charge in [0, 0.05) is 12.1 Å². The molecule has 0 N–H and O–H groups in total. The lowest BCUT2D eigenvalue weighted by Crippen LogP contribution is -2.38. The number of amides is 1. The van der Waals surface area contributed by atoms with Gasteiger partial charge in [0.1, 0.15) is 5.69 Å². The van der Waals surface area contributed by atoms with Gasteiger partial charge in [-0.25, -0.2) is 4.68 Å². The summed E-state index contributed by atoms with van der Waals surface area (Å²) in [5.74, 6) is 0.204. The summed E-state index contributed by atoms with van der Waals surface area (Å²) in [5, 5.41) is 12.9. The summed E-state index contributed by atoms with van der Waals surface area (Å²) < 4.78 is 7.04. The van der Waals surface area contributed by atoms with Crippen LogP contribution < -0.4 is 5.56 Å². The standard InChI is InChI=1S/C24H22ClN5O3/c1-16(2)29(15-21-26-27-23(33-21)18-10-6-7-11-19(18)25)24(32)20-12-13-22(31)30(28-20)14-17-8-4-3-5-9-17/h3-13,16H,14-15H2,1-2H3. The summed E-state index contributed by atoms with van der Waals surface area (Å²) in [6.07, 6.45) is 0. The number of carbonyl (C=O) groups is 1. The van der Waals surface area contributed by atoms with E-state index in [-0.39, 0.29) is 48.1 Å². The van der Waals surface area contributed by atoms with Crippen molar-refractivity contribution in [2.45, 2.75) is 33.0 Å². The average Bonchev–Trinajstić information content (AvgIpc) is 3.28. The molecule has 1 amide bonds. The second-order valence-corrected chi connectivity index (χ2v) is 8.11. The van der Waals surface area contributed by atoms with Crippen LogP contribution in [0.15, 0.2) is 75.9 Å². The first-order chi connectivity index (χ1) is 15.9. The Morgan fingerprint density at radius 2 is 1.76 bits per heavy atom. The molecule has 168 valence electrons. The summed E-state index contributed by atoms with van der Waals surface area (Å²) in [6.45, 7) is 4.12. The fraction of sp³-hybridized carbons (Fsp3) is 0.208. The molecule has 8 nitrogen and oxygen atoms in total. The number of aromatic nitrogens is 4. The van der Waals surface area contributed by atoms with Crippen LogP contribution in [0, 0.1) is 0 Å². The van der Waals surface area contributed by atoms with Gasteiger partial charge in [0.2, 0.25) is 11.8 Å². The van der Waals surface area contributed by atoms with E-state index < -0.39 is 0 Å². The third-order valence-electron chi connectivity index (χ3n) is 5.02. The van der Waals surface area contributed by atoms with E-state index in [0.717, 1.165) is 5.56 Å². The van der Waals surface area contributed by atoms with Gasteiger partial charge >= 0.3 is 0 Å². The molecule has 0 saturated heterocycles. The zero-order chi connectivity index (χ0) is 23.4. The van der Waals surface area contributed by atoms with Crippen molar-refractivity contribution in [2.75, 3.05) is 0 Å². The number of nitrogens with zero attached hydrogens (tertiary/aromatic N) is 5. The third kappa shape index (κ3) is 5.18. The lowest BCUT2D eigenvalue weighted by atomic mass is 10.2. The molecule has 0 aliphatic rings. The number of rotatable bonds is 7. The molecule has 33 heavy (non-hydrogen) atoms. The van der Waals surface area contributed by atoms with Crippen LogP contribution in [0.2, 0.25) is 5.02 Å². The highest BCUT2D eigenvalue weighted by Gasteiger charge is 2.24. The topological polar surface area (TPSA) is 94.1 Å². The third-order valence-corrected chi connectivity index (χ3v) is 5.35. The zero-order valence-corrected chi connectivity index (χ0v) is 18.9. The van der Waals surface area contributed by atoms with E-state index >= 15 is 0 Å². The van der Waals surface area contributed by atoms with Gasteiger partial charge in [0.25, 0.3) is 11.5 Å². The maximum Gasteiger partial charge on any atom is 0.274 e. The summed E-state index contributed by atoms with van der Waals surface area (Å²) in [5.41, 5.74) is 1.41. The number of halogens is 1. The highest BCUT2D eigenvalue weighted by molar-refractivity contribution is 6.33. The second-order valence-electron chi connectivity index (χ2n) is 7.71. The van der Waals surface area contributed by atoms with Gasteiger partial charge in [-0.05, 0) is 37.6 Å². The predicted molar refractivity (Wildman–Crippen MR) is 124 cm³/mol. The molecule has 4 aromatic rings. The van der Waals surface area contributed by atoms with Gasteiger partial charge in [-0.3, -0.25) is 9.59 Å². The Kier molecular flexibility index (Phi) is 6.65. The molecule has 0 saturated carbocycles. The van der Waals surface area contributed by atoms with Crippen LogP contribution in [0.4, 0.5) is 0 Å². The Bertz CT molecular complexity index is 1320. The molecular formula is C24H22ClN5O3. The van der Waals surface area contributed by atoms with Gasteiger partial charge in [0.15, 0.2) is 0 Å². The molecule has 9 heteroatoms. The Morgan fingerprint density at radius 1 is 1.03 bits per heavy atom. The first-order valence-corrected chi connectivity index (χ1v) is 10.8. The van der Waals surface area contributed by atoms with Crippen LogP contribution in [0.5, 0.6) is 0 Å². The lowest BCUT2D eigenvalue weighted by Gasteiger charge is -2.24. The minimum absolute atomic E-state index is 0.0907. The quantitative estimate of drug-likeness (QED) is 0.410. The number of hydrogen-bond donors (Lipinski definition) is 0. The largest absolute Gasteiger partial charge is 0.419 e. The van der Waals surface area contributed by atoms with Crippen LogP contribution in [-0.2, 0) is 13.1 Å².